The van der Waals surface area contributed by atoms with Gasteiger partial charge >= 0.3 is 5.97 Å². The Balaban J connectivity index is 2.05. The lowest BCUT2D eigenvalue weighted by molar-refractivity contribution is 0.0471. The molecule has 0 radical (unpaired) electrons. The fourth-order valence-corrected chi connectivity index (χ4v) is 1.92. The molecule has 0 saturated heterocycles. The van der Waals surface area contributed by atoms with E-state index < -0.39 is 5.97 Å². The number of rotatable bonds is 3. The van der Waals surface area contributed by atoms with Crippen LogP contribution in [-0.2, 0) is 11.3 Å². The lowest BCUT2D eigenvalue weighted by Crippen LogP contribution is -2.09. The first-order chi connectivity index (χ1) is 9.06. The van der Waals surface area contributed by atoms with Crippen LogP contribution in [0.3, 0.4) is 0 Å². The van der Waals surface area contributed by atoms with Gasteiger partial charge in [-0.25, -0.2) is 4.79 Å². The van der Waals surface area contributed by atoms with Crippen molar-refractivity contribution in [3.05, 3.63) is 56.9 Å². The summed E-state index contributed by atoms with van der Waals surface area (Å²) in [6, 6.07) is 9.38. The summed E-state index contributed by atoms with van der Waals surface area (Å²) < 4.78 is 6.40. The molecular weight excluding hydrogens is 355 g/mol. The van der Waals surface area contributed by atoms with E-state index in [0.717, 1.165) is 9.13 Å². The van der Waals surface area contributed by atoms with E-state index in [1.807, 2.05) is 24.3 Å². The van der Waals surface area contributed by atoms with Gasteiger partial charge in [0.05, 0.1) is 23.1 Å². The van der Waals surface area contributed by atoms with Crippen LogP contribution < -0.4 is 5.73 Å². The highest BCUT2D eigenvalue weighted by atomic mass is 127. The van der Waals surface area contributed by atoms with Crippen molar-refractivity contribution in [1.82, 2.24) is 4.98 Å². The first-order valence-electron chi connectivity index (χ1n) is 5.70. The van der Waals surface area contributed by atoms with Crippen molar-refractivity contribution in [2.45, 2.75) is 13.5 Å². The highest BCUT2D eigenvalue weighted by molar-refractivity contribution is 14.1. The zero-order valence-corrected chi connectivity index (χ0v) is 12.5. The van der Waals surface area contributed by atoms with E-state index in [-0.39, 0.29) is 6.61 Å². The number of nitrogen functional groups attached to an aromatic ring is 1. The van der Waals surface area contributed by atoms with E-state index >= 15 is 0 Å². The van der Waals surface area contributed by atoms with Crippen molar-refractivity contribution in [1.29, 1.82) is 0 Å². The smallest absolute Gasteiger partial charge is 0.340 e. The molecule has 0 aliphatic rings. The van der Waals surface area contributed by atoms with Gasteiger partial charge in [-0.1, -0.05) is 12.1 Å². The van der Waals surface area contributed by atoms with E-state index in [1.54, 1.807) is 13.0 Å². The number of aromatic nitrogens is 1. The molecule has 5 heteroatoms. The van der Waals surface area contributed by atoms with Crippen molar-refractivity contribution < 1.29 is 9.53 Å². The van der Waals surface area contributed by atoms with Gasteiger partial charge in [0.15, 0.2) is 0 Å². The first-order valence-corrected chi connectivity index (χ1v) is 6.78. The lowest BCUT2D eigenvalue weighted by atomic mass is 10.2. The maximum atomic E-state index is 11.9. The van der Waals surface area contributed by atoms with Crippen LogP contribution in [-0.4, -0.2) is 11.0 Å². The summed E-state index contributed by atoms with van der Waals surface area (Å²) in [5.41, 5.74) is 8.04. The number of nitrogens with two attached hydrogens (primary N) is 1. The van der Waals surface area contributed by atoms with Crippen LogP contribution in [0.4, 0.5) is 5.69 Å². The largest absolute Gasteiger partial charge is 0.457 e. The number of carbonyl (C=O) groups is 1. The van der Waals surface area contributed by atoms with Gasteiger partial charge in [0.2, 0.25) is 0 Å². The van der Waals surface area contributed by atoms with Gasteiger partial charge in [-0.3, -0.25) is 4.98 Å². The summed E-state index contributed by atoms with van der Waals surface area (Å²) in [5, 5.41) is 0. The Labute approximate surface area is 125 Å². The Hall–Kier alpha value is -1.63. The van der Waals surface area contributed by atoms with Crippen molar-refractivity contribution in [2.24, 2.45) is 0 Å². The Morgan fingerprint density at radius 1 is 1.37 bits per heavy atom. The lowest BCUT2D eigenvalue weighted by Gasteiger charge is -2.07. The second-order valence-corrected chi connectivity index (χ2v) is 5.35. The van der Waals surface area contributed by atoms with Crippen molar-refractivity contribution in [2.75, 3.05) is 5.73 Å². The fourth-order valence-electron chi connectivity index (χ4n) is 1.56. The maximum absolute atomic E-state index is 11.9. The average Bonchev–Trinajstić information content (AvgIpc) is 2.40. The molecule has 1 aromatic carbocycles. The number of ether oxygens (including phenoxy) is 1. The molecule has 0 saturated carbocycles. The molecule has 1 aromatic heterocycles. The number of hydrogen-bond donors (Lipinski definition) is 1. The molecule has 0 atom stereocenters. The molecule has 0 fully saturated rings. The molecule has 1 heterocycles. The van der Waals surface area contributed by atoms with Gasteiger partial charge in [-0.15, -0.1) is 0 Å². The van der Waals surface area contributed by atoms with E-state index in [4.69, 9.17) is 10.5 Å². The molecular formula is C14H13IN2O2. The summed E-state index contributed by atoms with van der Waals surface area (Å²) in [5.74, 6) is -0.407. The molecule has 2 rings (SSSR count). The number of nitrogens with zero attached hydrogens (tertiary/aromatic N) is 1. The van der Waals surface area contributed by atoms with Crippen molar-refractivity contribution in [3.63, 3.8) is 0 Å². The SMILES string of the molecule is Cc1ncc(N)cc1C(=O)OCc1ccc(I)cc1. The van der Waals surface area contributed by atoms with Gasteiger partial charge in [0.1, 0.15) is 6.61 Å². The molecule has 2 N–H and O–H groups in total. The zero-order valence-electron chi connectivity index (χ0n) is 10.4. The number of aryl methyl sites for hydroxylation is 1. The van der Waals surface area contributed by atoms with E-state index in [0.29, 0.717) is 16.9 Å². The molecule has 98 valence electrons. The number of hydrogen-bond acceptors (Lipinski definition) is 4. The Kier molecular flexibility index (Phi) is 4.36. The maximum Gasteiger partial charge on any atom is 0.340 e. The van der Waals surface area contributed by atoms with Gasteiger partial charge < -0.3 is 10.5 Å². The molecule has 0 unspecified atom stereocenters. The molecule has 0 spiro atoms. The number of esters is 1. The van der Waals surface area contributed by atoms with Crippen LogP contribution in [0.2, 0.25) is 0 Å². The monoisotopic (exact) mass is 368 g/mol. The topological polar surface area (TPSA) is 65.2 Å². The van der Waals surface area contributed by atoms with Gasteiger partial charge in [-0.2, -0.15) is 0 Å². The van der Waals surface area contributed by atoms with Crippen molar-refractivity contribution in [3.8, 4) is 0 Å². The number of anilines is 1. The minimum absolute atomic E-state index is 0.240. The third-order valence-corrected chi connectivity index (χ3v) is 3.33. The summed E-state index contributed by atoms with van der Waals surface area (Å²) in [4.78, 5) is 16.0. The van der Waals surface area contributed by atoms with Gasteiger partial charge in [0, 0.05) is 3.57 Å². The van der Waals surface area contributed by atoms with Gasteiger partial charge in [0.25, 0.3) is 0 Å². The second-order valence-electron chi connectivity index (χ2n) is 4.10. The van der Waals surface area contributed by atoms with Crippen LogP contribution in [0.15, 0.2) is 36.5 Å². The highest BCUT2D eigenvalue weighted by Gasteiger charge is 2.12. The normalized spacial score (nSPS) is 10.2. The quantitative estimate of drug-likeness (QED) is 0.669. The van der Waals surface area contributed by atoms with E-state index in [2.05, 4.69) is 27.6 Å². The summed E-state index contributed by atoms with van der Waals surface area (Å²) in [7, 11) is 0. The van der Waals surface area contributed by atoms with Crippen LogP contribution in [0.1, 0.15) is 21.6 Å². The second kappa shape index (κ2) is 6.01. The number of halogens is 1. The van der Waals surface area contributed by atoms with Crippen LogP contribution in [0.25, 0.3) is 0 Å². The van der Waals surface area contributed by atoms with Crippen LogP contribution in [0.5, 0.6) is 0 Å². The highest BCUT2D eigenvalue weighted by Crippen LogP contribution is 2.13. The summed E-state index contributed by atoms with van der Waals surface area (Å²) in [6.45, 7) is 1.99. The molecule has 0 bridgehead atoms. The van der Waals surface area contributed by atoms with Crippen LogP contribution >= 0.6 is 22.6 Å². The molecule has 0 aliphatic carbocycles. The summed E-state index contributed by atoms with van der Waals surface area (Å²) in [6.07, 6.45) is 1.52. The number of carbonyl (C=O) groups excluding carboxylic acids is 1. The van der Waals surface area contributed by atoms with Crippen molar-refractivity contribution >= 4 is 34.2 Å². The van der Waals surface area contributed by atoms with E-state index in [1.165, 1.54) is 6.20 Å². The molecule has 0 aliphatic heterocycles. The molecule has 2 aromatic rings. The minimum Gasteiger partial charge on any atom is -0.457 e. The minimum atomic E-state index is -0.407. The Morgan fingerprint density at radius 3 is 2.74 bits per heavy atom. The Morgan fingerprint density at radius 2 is 2.05 bits per heavy atom. The third kappa shape index (κ3) is 3.66. The van der Waals surface area contributed by atoms with E-state index in [9.17, 15) is 4.79 Å². The molecule has 4 nitrogen and oxygen atoms in total. The first kappa shape index (κ1) is 13.8. The predicted octanol–water partition coefficient (Wildman–Crippen LogP) is 2.93. The van der Waals surface area contributed by atoms with Gasteiger partial charge in [-0.05, 0) is 53.3 Å². The average molecular weight is 368 g/mol. The molecule has 0 amide bonds. The third-order valence-electron chi connectivity index (χ3n) is 2.61. The summed E-state index contributed by atoms with van der Waals surface area (Å²) >= 11 is 2.23. The molecule has 19 heavy (non-hydrogen) atoms. The Bertz CT molecular complexity index is 597. The predicted molar refractivity (Wildman–Crippen MR) is 81.7 cm³/mol. The zero-order chi connectivity index (χ0) is 13.8. The number of benzene rings is 1. The fraction of sp³-hybridized carbons (Fsp3) is 0.143. The standard InChI is InChI=1S/C14H13IN2O2/c1-9-13(6-12(16)7-17-9)14(18)19-8-10-2-4-11(15)5-3-10/h2-7H,8,16H2,1H3. The van der Waals surface area contributed by atoms with Crippen LogP contribution in [0, 0.1) is 10.5 Å². The number of pyridine rings is 1.